The van der Waals surface area contributed by atoms with Gasteiger partial charge in [0.2, 0.25) is 0 Å². The van der Waals surface area contributed by atoms with E-state index in [1.165, 1.54) is 19.3 Å². The Morgan fingerprint density at radius 2 is 1.79 bits per heavy atom. The molecule has 1 aromatic carbocycles. The Labute approximate surface area is 166 Å². The number of carbonyl (C=O) groups is 1. The van der Waals surface area contributed by atoms with Gasteiger partial charge in [-0.3, -0.25) is 4.79 Å². The van der Waals surface area contributed by atoms with Crippen LogP contribution in [-0.2, 0) is 4.74 Å². The van der Waals surface area contributed by atoms with Crippen LogP contribution in [0.25, 0.3) is 11.0 Å². The number of fused-ring (bicyclic) bond motifs is 1. The van der Waals surface area contributed by atoms with E-state index in [-0.39, 0.29) is 12.0 Å². The van der Waals surface area contributed by atoms with Gasteiger partial charge in [0.15, 0.2) is 0 Å². The molecule has 0 unspecified atom stereocenters. The second kappa shape index (κ2) is 8.53. The normalized spacial score (nSPS) is 21.6. The predicted octanol–water partition coefficient (Wildman–Crippen LogP) is 2.96. The minimum absolute atomic E-state index is 0.0658. The van der Waals surface area contributed by atoms with E-state index < -0.39 is 0 Å². The number of hydrogen-bond acceptors (Lipinski definition) is 5. The molecule has 2 aliphatic rings. The number of amides is 1. The molecule has 0 N–H and O–H groups in total. The molecule has 1 amide bonds. The van der Waals surface area contributed by atoms with E-state index in [9.17, 15) is 4.79 Å². The predicted molar refractivity (Wildman–Crippen MR) is 110 cm³/mol. The summed E-state index contributed by atoms with van der Waals surface area (Å²) in [5.74, 6) is 0.0658. The van der Waals surface area contributed by atoms with Gasteiger partial charge in [-0.15, -0.1) is 0 Å². The molecule has 0 radical (unpaired) electrons. The molecule has 4 rings (SSSR count). The monoisotopic (exact) mass is 382 g/mol. The van der Waals surface area contributed by atoms with Crippen LogP contribution in [0.5, 0.6) is 0 Å². The lowest BCUT2D eigenvalue weighted by atomic mass is 10.1. The summed E-state index contributed by atoms with van der Waals surface area (Å²) in [7, 11) is 0. The summed E-state index contributed by atoms with van der Waals surface area (Å²) in [5, 5.41) is 0. The Kier molecular flexibility index (Phi) is 5.87. The molecular weight excluding hydrogens is 352 g/mol. The van der Waals surface area contributed by atoms with Crippen LogP contribution in [-0.4, -0.2) is 71.1 Å². The van der Waals surface area contributed by atoms with Crippen LogP contribution in [0.3, 0.4) is 0 Å². The van der Waals surface area contributed by atoms with Crippen LogP contribution in [0.4, 0.5) is 0 Å². The molecule has 6 heteroatoms. The highest BCUT2D eigenvalue weighted by molar-refractivity contribution is 5.97. The van der Waals surface area contributed by atoms with Gasteiger partial charge >= 0.3 is 0 Å². The van der Waals surface area contributed by atoms with E-state index in [1.54, 1.807) is 0 Å². The van der Waals surface area contributed by atoms with Crippen molar-refractivity contribution in [3.63, 3.8) is 0 Å². The molecule has 1 aromatic heterocycles. The van der Waals surface area contributed by atoms with Gasteiger partial charge in [-0.1, -0.05) is 6.42 Å². The van der Waals surface area contributed by atoms with E-state index >= 15 is 0 Å². The number of hydrogen-bond donors (Lipinski definition) is 0. The van der Waals surface area contributed by atoms with Crippen LogP contribution in [0.1, 0.15) is 47.4 Å². The fourth-order valence-electron chi connectivity index (χ4n) is 4.17. The molecule has 3 heterocycles. The van der Waals surface area contributed by atoms with Crippen molar-refractivity contribution in [3.8, 4) is 0 Å². The molecule has 0 spiro atoms. The van der Waals surface area contributed by atoms with Crippen molar-refractivity contribution in [2.24, 2.45) is 0 Å². The average Bonchev–Trinajstić information content (AvgIpc) is 2.94. The van der Waals surface area contributed by atoms with Gasteiger partial charge in [-0.25, -0.2) is 9.97 Å². The molecule has 2 fully saturated rings. The molecule has 2 saturated heterocycles. The largest absolute Gasteiger partial charge is 0.375 e. The molecule has 6 nitrogen and oxygen atoms in total. The summed E-state index contributed by atoms with van der Waals surface area (Å²) in [6, 6.07) is 5.66. The third-order valence-corrected chi connectivity index (χ3v) is 5.87. The van der Waals surface area contributed by atoms with E-state index in [0.29, 0.717) is 12.1 Å². The number of likely N-dealkylation sites (tertiary alicyclic amines) is 1. The zero-order valence-electron chi connectivity index (χ0n) is 17.0. The summed E-state index contributed by atoms with van der Waals surface area (Å²) < 4.78 is 6.06. The van der Waals surface area contributed by atoms with Crippen LogP contribution in [0.15, 0.2) is 18.2 Å². The zero-order valence-corrected chi connectivity index (χ0v) is 17.0. The Morgan fingerprint density at radius 1 is 1.04 bits per heavy atom. The molecule has 0 aliphatic carbocycles. The maximum Gasteiger partial charge on any atom is 0.254 e. The summed E-state index contributed by atoms with van der Waals surface area (Å²) in [6.07, 6.45) is 4.85. The van der Waals surface area contributed by atoms with Crippen molar-refractivity contribution < 1.29 is 9.53 Å². The number of rotatable bonds is 3. The van der Waals surface area contributed by atoms with Crippen molar-refractivity contribution in [2.45, 2.75) is 45.6 Å². The van der Waals surface area contributed by atoms with Gasteiger partial charge in [-0.05, 0) is 64.4 Å². The molecule has 2 aliphatic heterocycles. The molecule has 0 saturated carbocycles. The highest BCUT2D eigenvalue weighted by Crippen LogP contribution is 2.18. The second-order valence-electron chi connectivity index (χ2n) is 8.06. The summed E-state index contributed by atoms with van der Waals surface area (Å²) in [6.45, 7) is 9.26. The molecular formula is C22H30N4O2. The van der Waals surface area contributed by atoms with Gasteiger partial charge in [0.05, 0.1) is 28.5 Å². The Bertz CT molecular complexity index is 848. The molecule has 0 bridgehead atoms. The Hall–Kier alpha value is -2.05. The summed E-state index contributed by atoms with van der Waals surface area (Å²) in [5.41, 5.74) is 4.13. The number of benzene rings is 1. The first-order chi connectivity index (χ1) is 13.6. The molecule has 28 heavy (non-hydrogen) atoms. The first-order valence-electron chi connectivity index (χ1n) is 10.5. The number of aromatic nitrogens is 2. The fraction of sp³-hybridized carbons (Fsp3) is 0.591. The maximum absolute atomic E-state index is 13.2. The van der Waals surface area contributed by atoms with Crippen LogP contribution < -0.4 is 0 Å². The van der Waals surface area contributed by atoms with Gasteiger partial charge in [-0.2, -0.15) is 0 Å². The van der Waals surface area contributed by atoms with Gasteiger partial charge in [0.1, 0.15) is 0 Å². The van der Waals surface area contributed by atoms with E-state index in [1.807, 2.05) is 36.9 Å². The summed E-state index contributed by atoms with van der Waals surface area (Å²) in [4.78, 5) is 26.8. The van der Waals surface area contributed by atoms with Crippen molar-refractivity contribution in [2.75, 3.05) is 39.3 Å². The lowest BCUT2D eigenvalue weighted by molar-refractivity contribution is 0.0216. The minimum Gasteiger partial charge on any atom is -0.375 e. The number of nitrogens with zero attached hydrogens (tertiary/aromatic N) is 4. The van der Waals surface area contributed by atoms with Crippen LogP contribution in [0.2, 0.25) is 0 Å². The number of carbonyl (C=O) groups excluding carboxylic acids is 1. The van der Waals surface area contributed by atoms with Crippen molar-refractivity contribution >= 4 is 16.9 Å². The number of ether oxygens (including phenoxy) is 1. The van der Waals surface area contributed by atoms with E-state index in [2.05, 4.69) is 14.9 Å². The molecule has 2 aromatic rings. The first kappa shape index (κ1) is 19.3. The third kappa shape index (κ3) is 4.33. The van der Waals surface area contributed by atoms with E-state index in [0.717, 1.165) is 61.6 Å². The smallest absolute Gasteiger partial charge is 0.254 e. The fourth-order valence-corrected chi connectivity index (χ4v) is 4.17. The minimum atomic E-state index is 0.0658. The van der Waals surface area contributed by atoms with Crippen LogP contribution in [0, 0.1) is 13.8 Å². The topological polar surface area (TPSA) is 58.6 Å². The number of aryl methyl sites for hydroxylation is 2. The van der Waals surface area contributed by atoms with Crippen LogP contribution >= 0.6 is 0 Å². The third-order valence-electron chi connectivity index (χ3n) is 5.87. The van der Waals surface area contributed by atoms with Crippen molar-refractivity contribution in [1.82, 2.24) is 19.8 Å². The highest BCUT2D eigenvalue weighted by atomic mass is 16.5. The SMILES string of the molecule is Cc1nc2ccc(C(=O)N3CCCO[C@H](CN4CCCCC4)C3)cc2nc1C. The Morgan fingerprint density at radius 3 is 2.57 bits per heavy atom. The average molecular weight is 383 g/mol. The van der Waals surface area contributed by atoms with Crippen molar-refractivity contribution in [3.05, 3.63) is 35.2 Å². The standard InChI is InChI=1S/C22H30N4O2/c1-16-17(2)24-21-13-18(7-8-20(21)23-16)22(27)26-11-6-12-28-19(15-26)14-25-9-4-3-5-10-25/h7-8,13,19H,3-6,9-12,14-15H2,1-2H3/t19-/m1/s1. The van der Waals surface area contributed by atoms with Gasteiger partial charge in [0.25, 0.3) is 5.91 Å². The molecule has 1 atom stereocenters. The zero-order chi connectivity index (χ0) is 19.5. The quantitative estimate of drug-likeness (QED) is 0.817. The first-order valence-corrected chi connectivity index (χ1v) is 10.5. The summed E-state index contributed by atoms with van der Waals surface area (Å²) >= 11 is 0. The highest BCUT2D eigenvalue weighted by Gasteiger charge is 2.26. The van der Waals surface area contributed by atoms with Crippen molar-refractivity contribution in [1.29, 1.82) is 0 Å². The van der Waals surface area contributed by atoms with Gasteiger partial charge in [0, 0.05) is 31.8 Å². The Balaban J connectivity index is 1.49. The lowest BCUT2D eigenvalue weighted by Crippen LogP contribution is -2.43. The lowest BCUT2D eigenvalue weighted by Gasteiger charge is -2.31. The molecule has 150 valence electrons. The second-order valence-corrected chi connectivity index (χ2v) is 8.06. The maximum atomic E-state index is 13.2. The van der Waals surface area contributed by atoms with Gasteiger partial charge < -0.3 is 14.5 Å². The number of piperidine rings is 1. The van der Waals surface area contributed by atoms with E-state index in [4.69, 9.17) is 4.74 Å².